The van der Waals surface area contributed by atoms with Crippen LogP contribution in [0.15, 0.2) is 4.99 Å². The van der Waals surface area contributed by atoms with Crippen molar-refractivity contribution in [2.75, 3.05) is 19.8 Å². The molecule has 0 aliphatic carbocycles. The van der Waals surface area contributed by atoms with E-state index in [4.69, 9.17) is 9.47 Å². The molecular formula is C7H13NO2. The quantitative estimate of drug-likeness (QED) is 0.555. The van der Waals surface area contributed by atoms with Gasteiger partial charge in [0.05, 0.1) is 13.2 Å². The number of rotatable bonds is 3. The van der Waals surface area contributed by atoms with Crippen LogP contribution in [0.4, 0.5) is 0 Å². The van der Waals surface area contributed by atoms with E-state index in [-0.39, 0.29) is 0 Å². The number of hydrogen-bond acceptors (Lipinski definition) is 3. The lowest BCUT2D eigenvalue weighted by Crippen LogP contribution is -2.05. The van der Waals surface area contributed by atoms with Crippen LogP contribution in [0.2, 0.25) is 0 Å². The molecule has 0 fully saturated rings. The van der Waals surface area contributed by atoms with E-state index in [9.17, 15) is 0 Å². The van der Waals surface area contributed by atoms with Gasteiger partial charge in [-0.3, -0.25) is 0 Å². The second kappa shape index (κ2) is 4.14. The molecule has 0 unspecified atom stereocenters. The fraction of sp³-hybridized carbons (Fsp3) is 0.857. The van der Waals surface area contributed by atoms with E-state index in [1.54, 1.807) is 0 Å². The number of aliphatic imine (C=N–C) groups is 1. The highest BCUT2D eigenvalue weighted by Gasteiger charge is 2.06. The maximum atomic E-state index is 5.17. The Labute approximate surface area is 61.0 Å². The van der Waals surface area contributed by atoms with Gasteiger partial charge in [0.2, 0.25) is 0 Å². The standard InChI is InChI=1S/C7H13NO2/c1-2-3-5-9-7-8-4-6-10-7/h2-6H2,1H3. The zero-order valence-electron chi connectivity index (χ0n) is 6.30. The summed E-state index contributed by atoms with van der Waals surface area (Å²) < 4.78 is 10.2. The van der Waals surface area contributed by atoms with Gasteiger partial charge in [-0.1, -0.05) is 13.3 Å². The van der Waals surface area contributed by atoms with Gasteiger partial charge in [-0.2, -0.15) is 0 Å². The molecule has 1 heterocycles. The van der Waals surface area contributed by atoms with Crippen molar-refractivity contribution in [2.24, 2.45) is 4.99 Å². The van der Waals surface area contributed by atoms with Gasteiger partial charge < -0.3 is 9.47 Å². The predicted octanol–water partition coefficient (Wildman–Crippen LogP) is 1.19. The highest BCUT2D eigenvalue weighted by atomic mass is 16.7. The molecule has 0 N–H and O–H groups in total. The van der Waals surface area contributed by atoms with Crippen molar-refractivity contribution in [1.82, 2.24) is 0 Å². The predicted molar refractivity (Wildman–Crippen MR) is 39.1 cm³/mol. The largest absolute Gasteiger partial charge is 0.451 e. The van der Waals surface area contributed by atoms with Gasteiger partial charge in [0.15, 0.2) is 0 Å². The van der Waals surface area contributed by atoms with Crippen molar-refractivity contribution < 1.29 is 9.47 Å². The maximum Gasteiger partial charge on any atom is 0.383 e. The van der Waals surface area contributed by atoms with Crippen molar-refractivity contribution in [3.05, 3.63) is 0 Å². The molecule has 0 spiro atoms. The third-order valence-corrected chi connectivity index (χ3v) is 1.28. The van der Waals surface area contributed by atoms with Crippen LogP contribution in [0, 0.1) is 0 Å². The number of hydrogen-bond donors (Lipinski definition) is 0. The van der Waals surface area contributed by atoms with E-state index in [2.05, 4.69) is 11.9 Å². The van der Waals surface area contributed by atoms with Crippen molar-refractivity contribution in [1.29, 1.82) is 0 Å². The summed E-state index contributed by atoms with van der Waals surface area (Å²) in [5, 5.41) is 0. The van der Waals surface area contributed by atoms with Gasteiger partial charge in [-0.05, 0) is 6.42 Å². The van der Waals surface area contributed by atoms with Gasteiger partial charge in [0, 0.05) is 0 Å². The third-order valence-electron chi connectivity index (χ3n) is 1.28. The van der Waals surface area contributed by atoms with Gasteiger partial charge in [-0.15, -0.1) is 0 Å². The molecule has 3 nitrogen and oxygen atoms in total. The second-order valence-corrected chi connectivity index (χ2v) is 2.20. The molecule has 1 aliphatic rings. The van der Waals surface area contributed by atoms with Crippen LogP contribution in [0.25, 0.3) is 0 Å². The average molecular weight is 143 g/mol. The SMILES string of the molecule is CCCCOC1=NCCO1. The minimum absolute atomic E-state index is 0.480. The smallest absolute Gasteiger partial charge is 0.383 e. The molecule has 0 bridgehead atoms. The summed E-state index contributed by atoms with van der Waals surface area (Å²) in [7, 11) is 0. The zero-order valence-corrected chi connectivity index (χ0v) is 6.30. The van der Waals surface area contributed by atoms with Gasteiger partial charge in [-0.25, -0.2) is 4.99 Å². The Morgan fingerprint density at radius 1 is 1.70 bits per heavy atom. The molecular weight excluding hydrogens is 130 g/mol. The average Bonchev–Trinajstić information content (AvgIpc) is 2.41. The molecule has 0 amide bonds. The Kier molecular flexibility index (Phi) is 3.06. The lowest BCUT2D eigenvalue weighted by Gasteiger charge is -2.02. The first-order valence-corrected chi connectivity index (χ1v) is 3.73. The topological polar surface area (TPSA) is 30.8 Å². The monoisotopic (exact) mass is 143 g/mol. The van der Waals surface area contributed by atoms with E-state index in [1.807, 2.05) is 0 Å². The van der Waals surface area contributed by atoms with Crippen LogP contribution < -0.4 is 0 Å². The van der Waals surface area contributed by atoms with Crippen LogP contribution >= 0.6 is 0 Å². The Balaban J connectivity index is 2.01. The minimum Gasteiger partial charge on any atom is -0.451 e. The van der Waals surface area contributed by atoms with Gasteiger partial charge >= 0.3 is 6.08 Å². The summed E-state index contributed by atoms with van der Waals surface area (Å²) in [5.41, 5.74) is 0. The summed E-state index contributed by atoms with van der Waals surface area (Å²) in [6.45, 7) is 4.29. The van der Waals surface area contributed by atoms with Crippen LogP contribution in [0.5, 0.6) is 0 Å². The molecule has 3 heteroatoms. The molecule has 10 heavy (non-hydrogen) atoms. The van der Waals surface area contributed by atoms with E-state index < -0.39 is 0 Å². The second-order valence-electron chi connectivity index (χ2n) is 2.20. The zero-order chi connectivity index (χ0) is 7.23. The van der Waals surface area contributed by atoms with E-state index >= 15 is 0 Å². The first-order valence-electron chi connectivity index (χ1n) is 3.73. The molecule has 1 rings (SSSR count). The van der Waals surface area contributed by atoms with Crippen molar-refractivity contribution in [3.63, 3.8) is 0 Å². The Bertz CT molecular complexity index is 123. The van der Waals surface area contributed by atoms with Crippen molar-refractivity contribution in [2.45, 2.75) is 19.8 Å². The highest BCUT2D eigenvalue weighted by Crippen LogP contribution is 1.97. The summed E-state index contributed by atoms with van der Waals surface area (Å²) in [6.07, 6.45) is 2.70. The molecule has 0 aromatic heterocycles. The molecule has 1 aliphatic heterocycles. The van der Waals surface area contributed by atoms with Gasteiger partial charge in [0.25, 0.3) is 0 Å². The highest BCUT2D eigenvalue weighted by molar-refractivity contribution is 5.68. The lowest BCUT2D eigenvalue weighted by atomic mass is 10.4. The Morgan fingerprint density at radius 2 is 2.60 bits per heavy atom. The van der Waals surface area contributed by atoms with E-state index in [0.29, 0.717) is 12.7 Å². The molecule has 0 aromatic rings. The van der Waals surface area contributed by atoms with Crippen LogP contribution in [0.3, 0.4) is 0 Å². The van der Waals surface area contributed by atoms with E-state index in [0.717, 1.165) is 26.0 Å². The first kappa shape index (κ1) is 7.38. The van der Waals surface area contributed by atoms with Crippen molar-refractivity contribution >= 4 is 6.08 Å². The van der Waals surface area contributed by atoms with Crippen LogP contribution in [-0.4, -0.2) is 25.8 Å². The Morgan fingerprint density at radius 3 is 3.20 bits per heavy atom. The van der Waals surface area contributed by atoms with Crippen LogP contribution in [-0.2, 0) is 9.47 Å². The van der Waals surface area contributed by atoms with E-state index in [1.165, 1.54) is 0 Å². The normalized spacial score (nSPS) is 16.3. The fourth-order valence-electron chi connectivity index (χ4n) is 0.707. The molecule has 58 valence electrons. The number of ether oxygens (including phenoxy) is 2. The summed E-state index contributed by atoms with van der Waals surface area (Å²) in [6, 6.07) is 0. The molecule has 0 saturated carbocycles. The molecule has 0 aromatic carbocycles. The lowest BCUT2D eigenvalue weighted by molar-refractivity contribution is 0.187. The van der Waals surface area contributed by atoms with Crippen LogP contribution in [0.1, 0.15) is 19.8 Å². The third kappa shape index (κ3) is 2.25. The summed E-state index contributed by atoms with van der Waals surface area (Å²) in [5.74, 6) is 0. The van der Waals surface area contributed by atoms with Gasteiger partial charge in [0.1, 0.15) is 6.61 Å². The Hall–Kier alpha value is -0.730. The summed E-state index contributed by atoms with van der Waals surface area (Å²) >= 11 is 0. The van der Waals surface area contributed by atoms with Crippen molar-refractivity contribution in [3.8, 4) is 0 Å². The number of nitrogens with zero attached hydrogens (tertiary/aromatic N) is 1. The molecule has 0 radical (unpaired) electrons. The molecule has 0 saturated heterocycles. The summed E-state index contributed by atoms with van der Waals surface area (Å²) in [4.78, 5) is 3.98. The fourth-order valence-corrected chi connectivity index (χ4v) is 0.707. The molecule has 0 atom stereocenters. The minimum atomic E-state index is 0.480. The number of unbranched alkanes of at least 4 members (excludes halogenated alkanes) is 1. The maximum absolute atomic E-state index is 5.17. The first-order chi connectivity index (χ1) is 4.93.